The molecule has 0 radical (unpaired) electrons. The van der Waals surface area contributed by atoms with Crippen LogP contribution >= 0.6 is 11.8 Å². The maximum Gasteiger partial charge on any atom is 0.332 e. The van der Waals surface area contributed by atoms with Gasteiger partial charge in [-0.25, -0.2) is 9.78 Å². The first-order valence-corrected chi connectivity index (χ1v) is 9.25. The van der Waals surface area contributed by atoms with Crippen molar-refractivity contribution in [1.29, 1.82) is 0 Å². The molecule has 8 nitrogen and oxygen atoms in total. The molecule has 140 valence electrons. The van der Waals surface area contributed by atoms with Crippen LogP contribution in [0.5, 0.6) is 0 Å². The maximum absolute atomic E-state index is 12.5. The summed E-state index contributed by atoms with van der Waals surface area (Å²) in [6.45, 7) is 6.06. The lowest BCUT2D eigenvalue weighted by molar-refractivity contribution is -0.119. The van der Waals surface area contributed by atoms with Crippen molar-refractivity contribution in [3.8, 4) is 12.3 Å². The second-order valence-corrected chi connectivity index (χ2v) is 7.13. The molecule has 1 atom stereocenters. The number of aromatic nitrogens is 4. The Labute approximate surface area is 155 Å². The van der Waals surface area contributed by atoms with Gasteiger partial charge in [0.1, 0.15) is 0 Å². The van der Waals surface area contributed by atoms with Crippen molar-refractivity contribution in [1.82, 2.24) is 24.0 Å². The number of aryl methyl sites for hydroxylation is 2. The van der Waals surface area contributed by atoms with Crippen molar-refractivity contribution in [2.24, 2.45) is 14.1 Å². The molecule has 0 spiro atoms. The van der Waals surface area contributed by atoms with Crippen molar-refractivity contribution in [2.75, 3.05) is 5.75 Å². The number of thioether (sulfide) groups is 1. The number of rotatable bonds is 6. The Morgan fingerprint density at radius 1 is 1.31 bits per heavy atom. The van der Waals surface area contributed by atoms with Gasteiger partial charge < -0.3 is 9.88 Å². The van der Waals surface area contributed by atoms with E-state index in [2.05, 4.69) is 16.2 Å². The molecular formula is C17H23N5O3S. The highest BCUT2D eigenvalue weighted by molar-refractivity contribution is 7.99. The quantitative estimate of drug-likeness (QED) is 0.584. The minimum absolute atomic E-state index is 0.106. The Bertz CT molecular complexity index is 1010. The van der Waals surface area contributed by atoms with Crippen LogP contribution in [0.1, 0.15) is 27.2 Å². The first kappa shape index (κ1) is 19.8. The topological polar surface area (TPSA) is 90.9 Å². The summed E-state index contributed by atoms with van der Waals surface area (Å²) < 4.78 is 4.10. The van der Waals surface area contributed by atoms with Crippen LogP contribution in [-0.2, 0) is 25.4 Å². The normalized spacial score (nSPS) is 13.4. The maximum atomic E-state index is 12.5. The number of carbonyl (C=O) groups excluding carboxylic acids is 1. The Hall–Kier alpha value is -2.47. The molecule has 1 N–H and O–H groups in total. The van der Waals surface area contributed by atoms with Crippen molar-refractivity contribution in [3.05, 3.63) is 20.8 Å². The fraction of sp³-hybridized carbons (Fsp3) is 0.529. The first-order valence-electron chi connectivity index (χ1n) is 8.26. The third-order valence-electron chi connectivity index (χ3n) is 4.40. The van der Waals surface area contributed by atoms with E-state index in [0.717, 1.165) is 4.57 Å². The number of hydrogen-bond donors (Lipinski definition) is 1. The average Bonchev–Trinajstić information content (AvgIpc) is 3.01. The van der Waals surface area contributed by atoms with E-state index in [4.69, 9.17) is 6.42 Å². The molecule has 1 amide bonds. The van der Waals surface area contributed by atoms with Gasteiger partial charge in [0.05, 0.1) is 11.3 Å². The molecule has 2 aromatic rings. The van der Waals surface area contributed by atoms with Gasteiger partial charge >= 0.3 is 5.69 Å². The van der Waals surface area contributed by atoms with Crippen LogP contribution in [0.4, 0.5) is 0 Å². The van der Waals surface area contributed by atoms with Crippen LogP contribution < -0.4 is 16.6 Å². The smallest absolute Gasteiger partial charge is 0.332 e. The summed E-state index contributed by atoms with van der Waals surface area (Å²) in [6, 6.07) is 0. The molecule has 0 fully saturated rings. The molecule has 2 rings (SSSR count). The van der Waals surface area contributed by atoms with Crippen molar-refractivity contribution >= 4 is 28.8 Å². The van der Waals surface area contributed by atoms with E-state index < -0.39 is 16.8 Å². The van der Waals surface area contributed by atoms with Gasteiger partial charge in [-0.3, -0.25) is 18.7 Å². The van der Waals surface area contributed by atoms with Gasteiger partial charge in [0, 0.05) is 20.6 Å². The van der Waals surface area contributed by atoms with E-state index in [1.165, 1.54) is 23.4 Å². The fourth-order valence-electron chi connectivity index (χ4n) is 2.53. The van der Waals surface area contributed by atoms with Gasteiger partial charge in [0.25, 0.3) is 5.56 Å². The predicted molar refractivity (Wildman–Crippen MR) is 102 cm³/mol. The highest BCUT2D eigenvalue weighted by atomic mass is 32.2. The lowest BCUT2D eigenvalue weighted by Gasteiger charge is -2.23. The largest absolute Gasteiger partial charge is 0.339 e. The minimum atomic E-state index is -0.692. The Kier molecular flexibility index (Phi) is 5.66. The number of terminal acetylenes is 1. The van der Waals surface area contributed by atoms with Gasteiger partial charge in [0.15, 0.2) is 16.3 Å². The molecule has 26 heavy (non-hydrogen) atoms. The number of nitrogens with zero attached hydrogens (tertiary/aromatic N) is 4. The summed E-state index contributed by atoms with van der Waals surface area (Å²) in [4.78, 5) is 41.2. The second-order valence-electron chi connectivity index (χ2n) is 6.18. The van der Waals surface area contributed by atoms with Crippen LogP contribution in [0.2, 0.25) is 0 Å². The Balaban J connectivity index is 2.37. The number of nitrogens with one attached hydrogen (secondary N) is 1. The molecule has 2 aromatic heterocycles. The number of hydrogen-bond acceptors (Lipinski definition) is 5. The number of imidazole rings is 1. The molecule has 9 heteroatoms. The summed E-state index contributed by atoms with van der Waals surface area (Å²) in [5, 5.41) is 3.33. The molecule has 0 saturated carbocycles. The van der Waals surface area contributed by atoms with Crippen LogP contribution in [-0.4, -0.2) is 35.9 Å². The van der Waals surface area contributed by atoms with E-state index in [1.54, 1.807) is 18.5 Å². The van der Waals surface area contributed by atoms with Gasteiger partial charge in [-0.05, 0) is 20.3 Å². The lowest BCUT2D eigenvalue weighted by Crippen LogP contribution is -2.45. The van der Waals surface area contributed by atoms with Crippen molar-refractivity contribution in [3.63, 3.8) is 0 Å². The number of fused-ring (bicyclic) bond motifs is 1. The zero-order valence-electron chi connectivity index (χ0n) is 15.6. The Morgan fingerprint density at radius 2 is 1.96 bits per heavy atom. The summed E-state index contributed by atoms with van der Waals surface area (Å²) in [6.07, 6.45) is 6.09. The summed E-state index contributed by atoms with van der Waals surface area (Å²) in [5.74, 6) is 2.48. The Morgan fingerprint density at radius 3 is 2.50 bits per heavy atom. The molecular weight excluding hydrogens is 354 g/mol. The highest BCUT2D eigenvalue weighted by Crippen LogP contribution is 2.21. The monoisotopic (exact) mass is 377 g/mol. The number of amides is 1. The van der Waals surface area contributed by atoms with E-state index >= 15 is 0 Å². The molecule has 0 aromatic carbocycles. The molecule has 0 aliphatic carbocycles. The van der Waals surface area contributed by atoms with Gasteiger partial charge in [0.2, 0.25) is 5.91 Å². The van der Waals surface area contributed by atoms with Crippen LogP contribution in [0, 0.1) is 12.3 Å². The summed E-state index contributed by atoms with van der Waals surface area (Å²) in [5.41, 5.74) is -0.876. The summed E-state index contributed by atoms with van der Waals surface area (Å²) >= 11 is 1.20. The molecule has 2 heterocycles. The van der Waals surface area contributed by atoms with E-state index in [-0.39, 0.29) is 11.7 Å². The standard InChI is InChI=1S/C17H23N5O3S/c1-7-17(4,8-2)19-11(23)10-26-15-18-13-12(22(15)9-3)14(24)21(6)16(25)20(13)5/h1H,8-10H2,2-6H3,(H,19,23)/t17-/m1/s1. The zero-order chi connectivity index (χ0) is 19.6. The third-order valence-corrected chi connectivity index (χ3v) is 5.38. The van der Waals surface area contributed by atoms with Gasteiger partial charge in [-0.2, -0.15) is 0 Å². The number of carbonyl (C=O) groups is 1. The second kappa shape index (κ2) is 7.41. The van der Waals surface area contributed by atoms with Crippen molar-refractivity contribution < 1.29 is 4.79 Å². The van der Waals surface area contributed by atoms with Crippen molar-refractivity contribution in [2.45, 2.75) is 44.4 Å². The van der Waals surface area contributed by atoms with E-state index in [1.807, 2.05) is 13.8 Å². The fourth-order valence-corrected chi connectivity index (χ4v) is 3.39. The van der Waals surface area contributed by atoms with E-state index in [0.29, 0.717) is 29.3 Å². The van der Waals surface area contributed by atoms with Crippen LogP contribution in [0.3, 0.4) is 0 Å². The molecule has 0 saturated heterocycles. The highest BCUT2D eigenvalue weighted by Gasteiger charge is 2.23. The zero-order valence-corrected chi connectivity index (χ0v) is 16.4. The van der Waals surface area contributed by atoms with Gasteiger partial charge in [-0.15, -0.1) is 6.42 Å². The lowest BCUT2D eigenvalue weighted by atomic mass is 10.0. The molecule has 0 aliphatic heterocycles. The first-order chi connectivity index (χ1) is 12.2. The molecule has 0 unspecified atom stereocenters. The SMILES string of the molecule is C#C[C@](C)(CC)NC(=O)CSc1nc2c(c(=O)n(C)c(=O)n2C)n1CC. The minimum Gasteiger partial charge on any atom is -0.339 e. The van der Waals surface area contributed by atoms with E-state index in [9.17, 15) is 14.4 Å². The predicted octanol–water partition coefficient (Wildman–Crippen LogP) is 0.464. The third kappa shape index (κ3) is 3.42. The van der Waals surface area contributed by atoms with Crippen LogP contribution in [0.15, 0.2) is 14.7 Å². The molecule has 0 bridgehead atoms. The molecule has 0 aliphatic rings. The van der Waals surface area contributed by atoms with Gasteiger partial charge in [-0.1, -0.05) is 24.6 Å². The van der Waals surface area contributed by atoms with Crippen LogP contribution in [0.25, 0.3) is 11.2 Å². The average molecular weight is 377 g/mol. The summed E-state index contributed by atoms with van der Waals surface area (Å²) in [7, 11) is 3.00.